The molecule has 1 aliphatic carbocycles. The van der Waals surface area contributed by atoms with Crippen LogP contribution in [0.2, 0.25) is 5.02 Å². The van der Waals surface area contributed by atoms with E-state index in [2.05, 4.69) is 0 Å². The normalized spacial score (nSPS) is 17.2. The number of ether oxygens (including phenoxy) is 1. The van der Waals surface area contributed by atoms with Crippen molar-refractivity contribution < 1.29 is 9.53 Å². The number of hydrogen-bond donors (Lipinski definition) is 0. The number of rotatable bonds is 4. The summed E-state index contributed by atoms with van der Waals surface area (Å²) in [5.41, 5.74) is 0.750. The van der Waals surface area contributed by atoms with E-state index in [4.69, 9.17) is 16.3 Å². The van der Waals surface area contributed by atoms with Gasteiger partial charge in [-0.3, -0.25) is 0 Å². The van der Waals surface area contributed by atoms with Crippen LogP contribution >= 0.6 is 11.6 Å². The molecule has 2 rings (SSSR count). The fourth-order valence-corrected chi connectivity index (χ4v) is 1.93. The van der Waals surface area contributed by atoms with Gasteiger partial charge in [-0.25, -0.2) is 0 Å². The number of aldehydes is 1. The fraction of sp³-hybridized carbons (Fsp3) is 0.417. The monoisotopic (exact) mass is 224 g/mol. The van der Waals surface area contributed by atoms with Crippen molar-refractivity contribution in [1.29, 1.82) is 0 Å². The summed E-state index contributed by atoms with van der Waals surface area (Å²) in [6.45, 7) is 2.51. The molecule has 1 fully saturated rings. The Bertz CT molecular complexity index is 383. The molecule has 0 heterocycles. The predicted octanol–water partition coefficient (Wildman–Crippen LogP) is 2.97. The molecule has 3 heteroatoms. The lowest BCUT2D eigenvalue weighted by atomic mass is 9.98. The van der Waals surface area contributed by atoms with Crippen LogP contribution in [0.4, 0.5) is 0 Å². The van der Waals surface area contributed by atoms with E-state index in [1.165, 1.54) is 0 Å². The minimum absolute atomic E-state index is 0.256. The summed E-state index contributed by atoms with van der Waals surface area (Å²) in [4.78, 5) is 10.9. The van der Waals surface area contributed by atoms with Gasteiger partial charge >= 0.3 is 0 Å². The molecular formula is C12H13ClO2. The number of carbonyl (C=O) groups excluding carboxylic acids is 1. The molecule has 1 aliphatic rings. The molecule has 0 radical (unpaired) electrons. The van der Waals surface area contributed by atoms with Crippen LogP contribution in [0.3, 0.4) is 0 Å². The van der Waals surface area contributed by atoms with E-state index in [9.17, 15) is 4.79 Å². The average Bonchev–Trinajstić information content (AvgIpc) is 3.02. The summed E-state index contributed by atoms with van der Waals surface area (Å²) in [5.74, 6) is 0.685. The SMILES string of the molecule is CCOc1ccc(C2(C=O)CC2)cc1Cl. The van der Waals surface area contributed by atoms with Crippen molar-refractivity contribution in [3.63, 3.8) is 0 Å². The first-order chi connectivity index (χ1) is 7.22. The van der Waals surface area contributed by atoms with E-state index in [1.807, 2.05) is 25.1 Å². The Labute approximate surface area is 94.2 Å². The lowest BCUT2D eigenvalue weighted by Gasteiger charge is -2.10. The molecule has 0 bridgehead atoms. The van der Waals surface area contributed by atoms with E-state index in [0.717, 1.165) is 24.7 Å². The Kier molecular flexibility index (Phi) is 2.70. The van der Waals surface area contributed by atoms with Gasteiger partial charge in [-0.1, -0.05) is 17.7 Å². The maximum atomic E-state index is 10.9. The van der Waals surface area contributed by atoms with Crippen LogP contribution in [0, 0.1) is 0 Å². The van der Waals surface area contributed by atoms with Gasteiger partial charge in [0, 0.05) is 0 Å². The van der Waals surface area contributed by atoms with Gasteiger partial charge in [0.15, 0.2) is 0 Å². The molecule has 1 aromatic carbocycles. The summed E-state index contributed by atoms with van der Waals surface area (Å²) in [6, 6.07) is 5.61. The van der Waals surface area contributed by atoms with Gasteiger partial charge in [-0.05, 0) is 37.5 Å². The van der Waals surface area contributed by atoms with Crippen LogP contribution in [0.25, 0.3) is 0 Å². The molecule has 0 N–H and O–H groups in total. The topological polar surface area (TPSA) is 26.3 Å². The number of carbonyl (C=O) groups is 1. The summed E-state index contributed by atoms with van der Waals surface area (Å²) >= 11 is 6.06. The quantitative estimate of drug-likeness (QED) is 0.735. The molecule has 0 saturated heterocycles. The van der Waals surface area contributed by atoms with Crippen molar-refractivity contribution in [2.45, 2.75) is 25.2 Å². The van der Waals surface area contributed by atoms with Gasteiger partial charge in [0.05, 0.1) is 17.0 Å². The Balaban J connectivity index is 2.29. The highest BCUT2D eigenvalue weighted by molar-refractivity contribution is 6.32. The zero-order valence-electron chi connectivity index (χ0n) is 8.63. The molecule has 0 atom stereocenters. The van der Waals surface area contributed by atoms with Crippen LogP contribution in [0.5, 0.6) is 5.75 Å². The predicted molar refractivity (Wildman–Crippen MR) is 59.6 cm³/mol. The van der Waals surface area contributed by atoms with E-state index in [1.54, 1.807) is 0 Å². The first-order valence-electron chi connectivity index (χ1n) is 5.11. The lowest BCUT2D eigenvalue weighted by Crippen LogP contribution is -2.07. The third-order valence-corrected chi connectivity index (χ3v) is 3.12. The Hall–Kier alpha value is -1.02. The van der Waals surface area contributed by atoms with Gasteiger partial charge in [-0.15, -0.1) is 0 Å². The minimum Gasteiger partial charge on any atom is -0.492 e. The molecule has 0 unspecified atom stereocenters. The Morgan fingerprint density at radius 2 is 2.27 bits per heavy atom. The van der Waals surface area contributed by atoms with Crippen LogP contribution in [-0.2, 0) is 10.2 Å². The van der Waals surface area contributed by atoms with E-state index >= 15 is 0 Å². The van der Waals surface area contributed by atoms with Crippen molar-refractivity contribution in [3.05, 3.63) is 28.8 Å². The van der Waals surface area contributed by atoms with E-state index in [-0.39, 0.29) is 5.41 Å². The van der Waals surface area contributed by atoms with E-state index in [0.29, 0.717) is 17.4 Å². The molecule has 2 nitrogen and oxygen atoms in total. The Morgan fingerprint density at radius 1 is 1.53 bits per heavy atom. The van der Waals surface area contributed by atoms with Crippen molar-refractivity contribution in [1.82, 2.24) is 0 Å². The van der Waals surface area contributed by atoms with Gasteiger partial charge < -0.3 is 9.53 Å². The number of hydrogen-bond acceptors (Lipinski definition) is 2. The summed E-state index contributed by atoms with van der Waals surface area (Å²) in [5, 5.41) is 0.586. The van der Waals surface area contributed by atoms with Gasteiger partial charge in [-0.2, -0.15) is 0 Å². The smallest absolute Gasteiger partial charge is 0.137 e. The summed E-state index contributed by atoms with van der Waals surface area (Å²) in [7, 11) is 0. The third kappa shape index (κ3) is 1.86. The largest absolute Gasteiger partial charge is 0.492 e. The third-order valence-electron chi connectivity index (χ3n) is 2.82. The molecule has 15 heavy (non-hydrogen) atoms. The summed E-state index contributed by atoms with van der Waals surface area (Å²) in [6.07, 6.45) is 2.89. The highest BCUT2D eigenvalue weighted by Gasteiger charge is 2.44. The lowest BCUT2D eigenvalue weighted by molar-refractivity contribution is -0.109. The van der Waals surface area contributed by atoms with Gasteiger partial charge in [0.25, 0.3) is 0 Å². The van der Waals surface area contributed by atoms with Crippen molar-refractivity contribution in [3.8, 4) is 5.75 Å². The first kappa shape index (κ1) is 10.5. The highest BCUT2D eigenvalue weighted by Crippen LogP contribution is 2.47. The molecule has 0 aliphatic heterocycles. The van der Waals surface area contributed by atoms with Gasteiger partial charge in [0.2, 0.25) is 0 Å². The van der Waals surface area contributed by atoms with Crippen molar-refractivity contribution >= 4 is 17.9 Å². The minimum atomic E-state index is -0.256. The van der Waals surface area contributed by atoms with Crippen LogP contribution in [0.15, 0.2) is 18.2 Å². The van der Waals surface area contributed by atoms with Crippen LogP contribution < -0.4 is 4.74 Å². The second kappa shape index (κ2) is 3.86. The highest BCUT2D eigenvalue weighted by atomic mass is 35.5. The Morgan fingerprint density at radius 3 is 2.73 bits per heavy atom. The second-order valence-electron chi connectivity index (χ2n) is 3.85. The van der Waals surface area contributed by atoms with E-state index < -0.39 is 0 Å². The summed E-state index contributed by atoms with van der Waals surface area (Å²) < 4.78 is 5.34. The maximum Gasteiger partial charge on any atom is 0.137 e. The molecule has 0 aromatic heterocycles. The van der Waals surface area contributed by atoms with Crippen LogP contribution in [0.1, 0.15) is 25.3 Å². The molecule has 1 aromatic rings. The zero-order chi connectivity index (χ0) is 10.9. The standard InChI is InChI=1S/C12H13ClO2/c1-2-15-11-4-3-9(7-10(11)13)12(8-14)5-6-12/h3-4,7-8H,2,5-6H2,1H3. The fourth-order valence-electron chi connectivity index (χ4n) is 1.69. The average molecular weight is 225 g/mol. The first-order valence-corrected chi connectivity index (χ1v) is 5.49. The van der Waals surface area contributed by atoms with Gasteiger partial charge in [0.1, 0.15) is 12.0 Å². The number of benzene rings is 1. The molecule has 1 saturated carbocycles. The molecular weight excluding hydrogens is 212 g/mol. The maximum absolute atomic E-state index is 10.9. The molecule has 0 amide bonds. The second-order valence-corrected chi connectivity index (χ2v) is 4.26. The molecule has 0 spiro atoms. The van der Waals surface area contributed by atoms with Crippen molar-refractivity contribution in [2.75, 3.05) is 6.61 Å². The number of halogens is 1. The van der Waals surface area contributed by atoms with Crippen LogP contribution in [-0.4, -0.2) is 12.9 Å². The van der Waals surface area contributed by atoms with Crippen molar-refractivity contribution in [2.24, 2.45) is 0 Å². The zero-order valence-corrected chi connectivity index (χ0v) is 9.38. The molecule has 80 valence electrons.